The number of ether oxygens (including phenoxy) is 2. The molecular weight excluding hydrogens is 1270 g/mol. The number of hydrogen-bond acceptors (Lipinski definition) is 10. The molecule has 1 aliphatic heterocycles. The molecule has 9 rings (SSSR count). The Balaban J connectivity index is 0.00000114. The summed E-state index contributed by atoms with van der Waals surface area (Å²) in [6, 6.07) is 50.2. The molecule has 102 heavy (non-hydrogen) atoms. The monoisotopic (exact) mass is 1400 g/mol. The van der Waals surface area contributed by atoms with Crippen molar-refractivity contribution >= 4 is 40.3 Å². The lowest BCUT2D eigenvalue weighted by atomic mass is 9.93. The zero-order valence-electron chi connectivity index (χ0n) is 64.6. The van der Waals surface area contributed by atoms with Gasteiger partial charge in [-0.3, -0.25) is 34.6 Å². The number of Topliss-reactive ketones (excluding diaryl/α,β-unsaturated/α-hetero) is 1. The Labute approximate surface area is 613 Å². The van der Waals surface area contributed by atoms with E-state index in [4.69, 9.17) is 9.47 Å². The van der Waals surface area contributed by atoms with E-state index in [1.807, 2.05) is 88.4 Å². The van der Waals surface area contributed by atoms with Crippen LogP contribution in [0.1, 0.15) is 277 Å². The van der Waals surface area contributed by atoms with Crippen LogP contribution in [0.4, 0.5) is 22.7 Å². The standard InChI is InChI=1S/C13H18O.2C12H17NO.C11H16O.C10H12O2.C10H14.2C9H11NO2.2CH4/c1-9(2)13-8-12(7-11(4)14)6-5-10(13)3;1-8(2)12-6-5-11(7-9(12)3)13-10(4)14;1-8(2)12-9(3)6-5-7-11(12)13-10(4)14;1-7(2)11-8(3)5-10(12)6-9(11)4;1-7(2)8-3-4-9-10(5-8)12-6-11-9;1-8(2)10-6-4-5-9(3)7-10;1-7(2)8-3-5-9(6-4-8)10(11)12;1-7(2)8-5-3-4-6-9(8)10(11)12;;/h5-6,8-9H,7H2,1-4H3;2*5-8H,1-4H3,(H,13,14);5-7,12H,1-4H3;3-5,7H,6H2,1-2H3;4-8H,1-3H3;2*3-7H,1-2H3;2*1H4. The lowest BCUT2D eigenvalue weighted by molar-refractivity contribution is -0.385. The molecule has 0 unspecified atom stereocenters. The molecule has 14 heteroatoms. The van der Waals surface area contributed by atoms with Gasteiger partial charge in [0, 0.05) is 55.4 Å². The second kappa shape index (κ2) is 46.2. The van der Waals surface area contributed by atoms with Crippen molar-refractivity contribution in [2.75, 3.05) is 17.4 Å². The Morgan fingerprint density at radius 2 is 0.941 bits per heavy atom. The fraction of sp³-hybridized carbons (Fsp3) is 0.420. The van der Waals surface area contributed by atoms with Gasteiger partial charge in [0.2, 0.25) is 18.6 Å². The second-order valence-electron chi connectivity index (χ2n) is 28.0. The molecule has 1 aliphatic rings. The Hall–Kier alpha value is -9.43. The maximum atomic E-state index is 11.0. The Morgan fingerprint density at radius 3 is 1.39 bits per heavy atom. The minimum Gasteiger partial charge on any atom is -0.508 e. The van der Waals surface area contributed by atoms with Gasteiger partial charge in [-0.15, -0.1) is 0 Å². The van der Waals surface area contributed by atoms with Gasteiger partial charge >= 0.3 is 0 Å². The Bertz CT molecular complexity index is 3880. The van der Waals surface area contributed by atoms with Crippen molar-refractivity contribution < 1.29 is 38.8 Å². The molecule has 0 radical (unpaired) electrons. The van der Waals surface area contributed by atoms with Crippen molar-refractivity contribution in [3.05, 3.63) is 261 Å². The zero-order valence-corrected chi connectivity index (χ0v) is 64.6. The van der Waals surface area contributed by atoms with E-state index in [2.05, 4.69) is 190 Å². The van der Waals surface area contributed by atoms with Gasteiger partial charge in [0.15, 0.2) is 11.5 Å². The van der Waals surface area contributed by atoms with Crippen molar-refractivity contribution in [1.82, 2.24) is 0 Å². The van der Waals surface area contributed by atoms with E-state index in [1.54, 1.807) is 31.2 Å². The van der Waals surface area contributed by atoms with E-state index in [-0.39, 0.29) is 59.6 Å². The van der Waals surface area contributed by atoms with E-state index in [0.717, 1.165) is 39.6 Å². The summed E-state index contributed by atoms with van der Waals surface area (Å²) < 4.78 is 10.5. The first-order valence-corrected chi connectivity index (χ1v) is 34.8. The van der Waals surface area contributed by atoms with Crippen molar-refractivity contribution in [1.29, 1.82) is 0 Å². The molecule has 0 bridgehead atoms. The van der Waals surface area contributed by atoms with Crippen LogP contribution in [0.5, 0.6) is 17.2 Å². The maximum absolute atomic E-state index is 11.0. The molecule has 2 amide bonds. The van der Waals surface area contributed by atoms with Gasteiger partial charge in [0.05, 0.1) is 9.85 Å². The number of carbonyl (C=O) groups is 3. The number of hydrogen-bond donors (Lipinski definition) is 3. The first-order valence-electron chi connectivity index (χ1n) is 34.8. The number of aromatic hydroxyl groups is 1. The average Bonchev–Trinajstić information content (AvgIpc) is 0.977. The predicted molar refractivity (Wildman–Crippen MR) is 430 cm³/mol. The van der Waals surface area contributed by atoms with Gasteiger partial charge < -0.3 is 25.2 Å². The van der Waals surface area contributed by atoms with Crippen LogP contribution >= 0.6 is 0 Å². The van der Waals surface area contributed by atoms with E-state index in [9.17, 15) is 39.7 Å². The van der Waals surface area contributed by atoms with E-state index < -0.39 is 0 Å². The maximum Gasteiger partial charge on any atom is 0.272 e. The highest BCUT2D eigenvalue weighted by molar-refractivity contribution is 5.90. The molecule has 0 atom stereocenters. The van der Waals surface area contributed by atoms with Crippen LogP contribution in [-0.2, 0) is 20.8 Å². The van der Waals surface area contributed by atoms with E-state index in [1.165, 1.54) is 98.8 Å². The highest BCUT2D eigenvalue weighted by Crippen LogP contribution is 2.35. The highest BCUT2D eigenvalue weighted by Gasteiger charge is 2.17. The Kier molecular flexibility index (Phi) is 41.9. The molecule has 1 heterocycles. The molecule has 556 valence electrons. The van der Waals surface area contributed by atoms with Crippen molar-refractivity contribution in [3.8, 4) is 17.2 Å². The third-order valence-electron chi connectivity index (χ3n) is 16.3. The molecule has 0 aromatic heterocycles. The number of non-ortho nitro benzene ring substituents is 1. The minimum absolute atomic E-state index is 0. The number of rotatable bonds is 14. The summed E-state index contributed by atoms with van der Waals surface area (Å²) in [5, 5.41) is 35.7. The molecule has 3 N–H and O–H groups in total. The summed E-state index contributed by atoms with van der Waals surface area (Å²) in [7, 11) is 0. The number of phenolic OH excluding ortho intramolecular Hbond substituents is 1. The third-order valence-corrected chi connectivity index (χ3v) is 16.3. The largest absolute Gasteiger partial charge is 0.508 e. The number of nitrogens with zero attached hydrogens (tertiary/aromatic N) is 2. The molecule has 0 spiro atoms. The van der Waals surface area contributed by atoms with Crippen LogP contribution < -0.4 is 20.1 Å². The van der Waals surface area contributed by atoms with Gasteiger partial charge in [-0.1, -0.05) is 228 Å². The van der Waals surface area contributed by atoms with Crippen molar-refractivity contribution in [3.63, 3.8) is 0 Å². The molecule has 0 fully saturated rings. The fourth-order valence-electron chi connectivity index (χ4n) is 11.3. The number of ketones is 1. The molecule has 14 nitrogen and oxygen atoms in total. The van der Waals surface area contributed by atoms with Crippen molar-refractivity contribution in [2.24, 2.45) is 0 Å². The second-order valence-corrected chi connectivity index (χ2v) is 28.0. The minimum atomic E-state index is -0.385. The molecule has 8 aromatic carbocycles. The van der Waals surface area contributed by atoms with Gasteiger partial charge in [-0.25, -0.2) is 0 Å². The van der Waals surface area contributed by atoms with Crippen LogP contribution in [0.15, 0.2) is 158 Å². The summed E-state index contributed by atoms with van der Waals surface area (Å²) in [5.41, 5.74) is 20.7. The van der Waals surface area contributed by atoms with Gasteiger partial charge in [0.1, 0.15) is 11.5 Å². The number of benzene rings is 8. The predicted octanol–water partition coefficient (Wildman–Crippen LogP) is 24.9. The summed E-state index contributed by atoms with van der Waals surface area (Å²) in [5.74, 6) is 6.13. The quantitative estimate of drug-likeness (QED) is 0.0695. The van der Waals surface area contributed by atoms with Gasteiger partial charge in [-0.05, 0) is 211 Å². The number of carbonyl (C=O) groups excluding carboxylic acids is 3. The first kappa shape index (κ1) is 92.6. The molecule has 0 saturated heterocycles. The normalized spacial score (nSPS) is 10.6. The van der Waals surface area contributed by atoms with Crippen LogP contribution in [0.25, 0.3) is 0 Å². The third kappa shape index (κ3) is 32.9. The molecule has 0 aliphatic carbocycles. The number of para-hydroxylation sites is 1. The number of aryl methyl sites for hydroxylation is 6. The first-order chi connectivity index (χ1) is 46.7. The summed E-state index contributed by atoms with van der Waals surface area (Å²) in [6.45, 7) is 51.6. The molecule has 8 aromatic rings. The number of phenols is 1. The number of nitrogens with one attached hydrogen (secondary N) is 2. The summed E-state index contributed by atoms with van der Waals surface area (Å²) in [4.78, 5) is 52.9. The molecule has 0 saturated carbocycles. The number of nitro groups is 2. The fourth-order valence-corrected chi connectivity index (χ4v) is 11.3. The van der Waals surface area contributed by atoms with Crippen LogP contribution in [0.3, 0.4) is 0 Å². The van der Waals surface area contributed by atoms with E-state index >= 15 is 0 Å². The summed E-state index contributed by atoms with van der Waals surface area (Å²) in [6.07, 6.45) is 0.556. The van der Waals surface area contributed by atoms with Gasteiger partial charge in [-0.2, -0.15) is 0 Å². The number of fused-ring (bicyclic) bond motifs is 1. The van der Waals surface area contributed by atoms with Crippen LogP contribution in [-0.4, -0.2) is 39.3 Å². The average molecular weight is 1400 g/mol. The zero-order chi connectivity index (χ0) is 75.8. The number of anilines is 2. The Morgan fingerprint density at radius 1 is 0.431 bits per heavy atom. The SMILES string of the molecule is C.C.CC(=O)Cc1ccc(C)c(C(C)C)c1.CC(=O)Nc1ccc(C(C)C)c(C)c1.CC(=O)Nc1cccc(C)c1C(C)C.CC(C)c1ccc([N+](=O)[O-])cc1.CC(C)c1ccc2c(c1)OCO2.CC(C)c1ccccc1[N+](=O)[O-].Cc1cc(O)cc(C)c1C(C)C.Cc1cccc(C(C)C)c1. The van der Waals surface area contributed by atoms with Gasteiger partial charge in [0.25, 0.3) is 11.4 Å². The lowest BCUT2D eigenvalue weighted by Crippen LogP contribution is -2.09. The van der Waals surface area contributed by atoms with Crippen LogP contribution in [0, 0.1) is 61.8 Å². The van der Waals surface area contributed by atoms with E-state index in [0.29, 0.717) is 60.4 Å². The highest BCUT2D eigenvalue weighted by atomic mass is 16.7. The molecular formula is C88H124N4O10. The smallest absolute Gasteiger partial charge is 0.272 e. The van der Waals surface area contributed by atoms with Crippen LogP contribution in [0.2, 0.25) is 0 Å². The summed E-state index contributed by atoms with van der Waals surface area (Å²) >= 11 is 0. The topological polar surface area (TPSA) is 200 Å². The lowest BCUT2D eigenvalue weighted by Gasteiger charge is -2.15. The van der Waals surface area contributed by atoms with Crippen molar-refractivity contribution in [2.45, 2.75) is 242 Å². The number of nitro benzene ring substituents is 2. The number of amides is 2.